The largest absolute Gasteiger partial charge is 0.337 e. The van der Waals surface area contributed by atoms with E-state index in [0.717, 1.165) is 25.6 Å². The maximum atomic E-state index is 4.22. The van der Waals surface area contributed by atoms with Gasteiger partial charge in [-0.25, -0.2) is 4.98 Å². The fraction of sp³-hybridized carbons (Fsp3) is 0.700. The summed E-state index contributed by atoms with van der Waals surface area (Å²) >= 11 is 0. The highest BCUT2D eigenvalue weighted by atomic mass is 15.3. The number of hydrogen-bond acceptors (Lipinski definition) is 5. The van der Waals surface area contributed by atoms with Gasteiger partial charge in [0.1, 0.15) is 0 Å². The molecule has 15 heavy (non-hydrogen) atoms. The second-order valence-corrected chi connectivity index (χ2v) is 4.19. The second kappa shape index (κ2) is 4.53. The van der Waals surface area contributed by atoms with Crippen LogP contribution in [0.2, 0.25) is 0 Å². The van der Waals surface area contributed by atoms with Gasteiger partial charge in [0.2, 0.25) is 5.95 Å². The van der Waals surface area contributed by atoms with E-state index in [9.17, 15) is 0 Å². The van der Waals surface area contributed by atoms with E-state index in [-0.39, 0.29) is 0 Å². The predicted octanol–water partition coefficient (Wildman–Crippen LogP) is 0.306. The third-order valence-corrected chi connectivity index (χ3v) is 2.76. The fourth-order valence-corrected chi connectivity index (χ4v) is 1.79. The normalized spacial score (nSPS) is 22.1. The maximum absolute atomic E-state index is 4.22. The van der Waals surface area contributed by atoms with Crippen LogP contribution < -0.4 is 10.2 Å². The minimum absolute atomic E-state index is 0.516. The molecule has 1 fully saturated rings. The zero-order chi connectivity index (χ0) is 10.7. The number of nitrogens with one attached hydrogen (secondary N) is 1. The van der Waals surface area contributed by atoms with Gasteiger partial charge in [-0.1, -0.05) is 13.8 Å². The molecule has 0 saturated carbocycles. The Morgan fingerprint density at radius 3 is 3.00 bits per heavy atom. The lowest BCUT2D eigenvalue weighted by Crippen LogP contribution is -2.53. The maximum Gasteiger partial charge on any atom is 0.245 e. The molecule has 1 saturated heterocycles. The van der Waals surface area contributed by atoms with E-state index in [4.69, 9.17) is 0 Å². The Labute approximate surface area is 89.9 Å². The first-order chi connectivity index (χ1) is 7.27. The van der Waals surface area contributed by atoms with E-state index in [1.54, 1.807) is 12.4 Å². The molecule has 0 radical (unpaired) electrons. The quantitative estimate of drug-likeness (QED) is 0.756. The minimum Gasteiger partial charge on any atom is -0.337 e. The van der Waals surface area contributed by atoms with E-state index in [2.05, 4.69) is 39.2 Å². The lowest BCUT2D eigenvalue weighted by atomic mass is 10.0. The van der Waals surface area contributed by atoms with Gasteiger partial charge in [0.25, 0.3) is 0 Å². The van der Waals surface area contributed by atoms with Crippen molar-refractivity contribution in [1.82, 2.24) is 20.5 Å². The first-order valence-electron chi connectivity index (χ1n) is 5.39. The molecule has 1 aromatic rings. The molecule has 2 rings (SSSR count). The Morgan fingerprint density at radius 2 is 2.33 bits per heavy atom. The molecule has 0 spiro atoms. The van der Waals surface area contributed by atoms with Crippen LogP contribution in [0.1, 0.15) is 13.8 Å². The Balaban J connectivity index is 2.05. The van der Waals surface area contributed by atoms with Gasteiger partial charge in [-0.3, -0.25) is 0 Å². The van der Waals surface area contributed by atoms with Gasteiger partial charge >= 0.3 is 0 Å². The van der Waals surface area contributed by atoms with E-state index in [1.807, 2.05) is 0 Å². The van der Waals surface area contributed by atoms with Gasteiger partial charge in [0.05, 0.1) is 12.4 Å². The number of anilines is 1. The molecule has 5 nitrogen and oxygen atoms in total. The molecule has 1 aliphatic heterocycles. The van der Waals surface area contributed by atoms with E-state index >= 15 is 0 Å². The predicted molar refractivity (Wildman–Crippen MR) is 58.7 cm³/mol. The van der Waals surface area contributed by atoms with E-state index < -0.39 is 0 Å². The fourth-order valence-electron chi connectivity index (χ4n) is 1.79. The summed E-state index contributed by atoms with van der Waals surface area (Å²) in [6.45, 7) is 7.36. The Hall–Kier alpha value is -1.23. The third-order valence-electron chi connectivity index (χ3n) is 2.76. The Bertz CT molecular complexity index is 300. The van der Waals surface area contributed by atoms with Crippen LogP contribution in [0.3, 0.4) is 0 Å². The molecule has 1 aromatic heterocycles. The molecule has 5 heteroatoms. The van der Waals surface area contributed by atoms with Crippen LogP contribution in [-0.2, 0) is 0 Å². The van der Waals surface area contributed by atoms with Crippen molar-refractivity contribution in [3.05, 3.63) is 12.4 Å². The third kappa shape index (κ3) is 2.41. The Morgan fingerprint density at radius 1 is 1.47 bits per heavy atom. The highest BCUT2D eigenvalue weighted by Gasteiger charge is 2.23. The van der Waals surface area contributed by atoms with Crippen LogP contribution in [0, 0.1) is 5.92 Å². The van der Waals surface area contributed by atoms with Gasteiger partial charge < -0.3 is 10.2 Å². The minimum atomic E-state index is 0.516. The van der Waals surface area contributed by atoms with E-state index in [0.29, 0.717) is 12.0 Å². The van der Waals surface area contributed by atoms with Crippen LogP contribution in [0.15, 0.2) is 12.4 Å². The Kier molecular flexibility index (Phi) is 3.11. The standard InChI is InChI=1S/C10H17N5/c1-8(2)9-7-15(6-5-11-9)10-12-3-4-13-14-10/h3-4,8-9,11H,5-7H2,1-2H3. The van der Waals surface area contributed by atoms with Crippen LogP contribution >= 0.6 is 0 Å². The lowest BCUT2D eigenvalue weighted by molar-refractivity contribution is 0.365. The van der Waals surface area contributed by atoms with Crippen molar-refractivity contribution in [3.8, 4) is 0 Å². The van der Waals surface area contributed by atoms with E-state index in [1.165, 1.54) is 0 Å². The van der Waals surface area contributed by atoms with Gasteiger partial charge in [-0.05, 0) is 5.92 Å². The summed E-state index contributed by atoms with van der Waals surface area (Å²) in [7, 11) is 0. The van der Waals surface area contributed by atoms with Crippen molar-refractivity contribution in [3.63, 3.8) is 0 Å². The first kappa shape index (κ1) is 10.3. The second-order valence-electron chi connectivity index (χ2n) is 4.19. The van der Waals surface area contributed by atoms with Gasteiger partial charge in [0, 0.05) is 25.7 Å². The summed E-state index contributed by atoms with van der Waals surface area (Å²) in [4.78, 5) is 6.41. The summed E-state index contributed by atoms with van der Waals surface area (Å²) in [5.74, 6) is 1.37. The van der Waals surface area contributed by atoms with Crippen LogP contribution in [0.4, 0.5) is 5.95 Å². The highest BCUT2D eigenvalue weighted by molar-refractivity contribution is 5.28. The first-order valence-corrected chi connectivity index (χ1v) is 5.39. The van der Waals surface area contributed by atoms with Crippen molar-refractivity contribution in [2.24, 2.45) is 5.92 Å². The average molecular weight is 207 g/mol. The molecule has 0 amide bonds. The summed E-state index contributed by atoms with van der Waals surface area (Å²) < 4.78 is 0. The highest BCUT2D eigenvalue weighted by Crippen LogP contribution is 2.12. The molecule has 1 N–H and O–H groups in total. The van der Waals surface area contributed by atoms with Gasteiger partial charge in [-0.2, -0.15) is 5.10 Å². The summed E-state index contributed by atoms with van der Waals surface area (Å²) in [5.41, 5.74) is 0. The molecule has 1 aliphatic rings. The van der Waals surface area contributed by atoms with Crippen molar-refractivity contribution < 1.29 is 0 Å². The topological polar surface area (TPSA) is 53.9 Å². The number of aromatic nitrogens is 3. The van der Waals surface area contributed by atoms with Crippen molar-refractivity contribution in [2.75, 3.05) is 24.5 Å². The molecule has 0 bridgehead atoms. The monoisotopic (exact) mass is 207 g/mol. The van der Waals surface area contributed by atoms with Crippen LogP contribution in [0.5, 0.6) is 0 Å². The molecule has 0 aromatic carbocycles. The van der Waals surface area contributed by atoms with Crippen LogP contribution in [-0.4, -0.2) is 40.9 Å². The van der Waals surface area contributed by atoms with Gasteiger partial charge in [0.15, 0.2) is 0 Å². The number of rotatable bonds is 2. The van der Waals surface area contributed by atoms with Crippen molar-refractivity contribution in [1.29, 1.82) is 0 Å². The molecule has 82 valence electrons. The number of hydrogen-bond donors (Lipinski definition) is 1. The van der Waals surface area contributed by atoms with Crippen LogP contribution in [0.25, 0.3) is 0 Å². The molecule has 2 heterocycles. The summed E-state index contributed by atoms with van der Waals surface area (Å²) in [6.07, 6.45) is 3.29. The SMILES string of the molecule is CC(C)C1CN(c2nccnn2)CCN1. The van der Waals surface area contributed by atoms with Crippen molar-refractivity contribution in [2.45, 2.75) is 19.9 Å². The van der Waals surface area contributed by atoms with Crippen molar-refractivity contribution >= 4 is 5.95 Å². The zero-order valence-electron chi connectivity index (χ0n) is 9.22. The smallest absolute Gasteiger partial charge is 0.245 e. The lowest BCUT2D eigenvalue weighted by Gasteiger charge is -2.35. The summed E-state index contributed by atoms with van der Waals surface area (Å²) in [5, 5.41) is 11.4. The number of piperazine rings is 1. The molecule has 1 unspecified atom stereocenters. The van der Waals surface area contributed by atoms with Gasteiger partial charge in [-0.15, -0.1) is 5.10 Å². The summed E-state index contributed by atoms with van der Waals surface area (Å²) in [6, 6.07) is 0.516. The molecule has 1 atom stereocenters. The number of nitrogens with zero attached hydrogens (tertiary/aromatic N) is 4. The molecular weight excluding hydrogens is 190 g/mol. The molecular formula is C10H17N5. The zero-order valence-corrected chi connectivity index (χ0v) is 9.22. The average Bonchev–Trinajstić information content (AvgIpc) is 2.30. The molecule has 0 aliphatic carbocycles.